The van der Waals surface area contributed by atoms with Crippen molar-refractivity contribution in [3.8, 4) is 0 Å². The molecule has 0 aromatic carbocycles. The van der Waals surface area contributed by atoms with Gasteiger partial charge in [-0.1, -0.05) is 20.8 Å². The second-order valence-corrected chi connectivity index (χ2v) is 6.84. The van der Waals surface area contributed by atoms with Crippen molar-refractivity contribution in [2.45, 2.75) is 45.6 Å². The lowest BCUT2D eigenvalue weighted by atomic mass is 9.64. The molecule has 1 aliphatic rings. The number of amides is 1. The van der Waals surface area contributed by atoms with Crippen LogP contribution in [-0.2, 0) is 0 Å². The molecule has 1 aromatic rings. The van der Waals surface area contributed by atoms with Crippen LogP contribution < -0.4 is 5.32 Å². The van der Waals surface area contributed by atoms with Crippen molar-refractivity contribution in [1.29, 1.82) is 0 Å². The molecule has 0 aliphatic heterocycles. The number of aliphatic hydroxyl groups is 1. The molecule has 110 valence electrons. The Bertz CT molecular complexity index is 475. The number of carbonyl (C=O) groups is 1. The summed E-state index contributed by atoms with van der Waals surface area (Å²) in [5.74, 6) is 0.199. The Hall–Kier alpha value is -1.49. The van der Waals surface area contributed by atoms with Crippen LogP contribution >= 0.6 is 0 Å². The van der Waals surface area contributed by atoms with Gasteiger partial charge in [0.2, 0.25) is 0 Å². The molecule has 1 heterocycles. The first-order valence-electron chi connectivity index (χ1n) is 7.05. The van der Waals surface area contributed by atoms with Gasteiger partial charge in [-0.3, -0.25) is 9.78 Å². The second-order valence-electron chi connectivity index (χ2n) is 6.84. The summed E-state index contributed by atoms with van der Waals surface area (Å²) < 4.78 is 0. The zero-order chi connectivity index (χ0) is 14.8. The summed E-state index contributed by atoms with van der Waals surface area (Å²) in [6.07, 6.45) is 7.14. The van der Waals surface area contributed by atoms with Crippen LogP contribution in [0.15, 0.2) is 18.6 Å². The summed E-state index contributed by atoms with van der Waals surface area (Å²) in [6.45, 7) is 6.48. The highest BCUT2D eigenvalue weighted by molar-refractivity contribution is 5.92. The Balaban J connectivity index is 2.17. The molecule has 1 aliphatic carbocycles. The molecule has 0 saturated heterocycles. The van der Waals surface area contributed by atoms with Gasteiger partial charge < -0.3 is 10.4 Å². The molecule has 1 amide bonds. The molecule has 1 aromatic heterocycles. The van der Waals surface area contributed by atoms with Crippen LogP contribution in [0.25, 0.3) is 0 Å². The molecule has 2 rings (SSSR count). The van der Waals surface area contributed by atoms with E-state index in [1.54, 1.807) is 0 Å². The summed E-state index contributed by atoms with van der Waals surface area (Å²) in [5.41, 5.74) is -0.164. The summed E-state index contributed by atoms with van der Waals surface area (Å²) in [7, 11) is 0. The van der Waals surface area contributed by atoms with Crippen molar-refractivity contribution in [2.24, 2.45) is 11.3 Å². The molecule has 5 heteroatoms. The highest BCUT2D eigenvalue weighted by atomic mass is 16.3. The quantitative estimate of drug-likeness (QED) is 0.883. The SMILES string of the molecule is C[C@H]1CC(C)(C)C[C@](CO)(NC(=O)c2cnccn2)C1. The number of nitrogens with zero attached hydrogens (tertiary/aromatic N) is 2. The fourth-order valence-corrected chi connectivity index (χ4v) is 3.72. The Morgan fingerprint density at radius 3 is 2.75 bits per heavy atom. The number of aromatic nitrogens is 2. The number of nitrogens with one attached hydrogen (secondary N) is 1. The van der Waals surface area contributed by atoms with E-state index in [4.69, 9.17) is 0 Å². The Morgan fingerprint density at radius 2 is 2.20 bits per heavy atom. The van der Waals surface area contributed by atoms with Crippen LogP contribution in [0.4, 0.5) is 0 Å². The summed E-state index contributed by atoms with van der Waals surface area (Å²) in [4.78, 5) is 20.2. The first kappa shape index (κ1) is 14.9. The maximum atomic E-state index is 12.3. The summed E-state index contributed by atoms with van der Waals surface area (Å²) in [5, 5.41) is 12.8. The van der Waals surface area contributed by atoms with E-state index in [0.29, 0.717) is 5.92 Å². The molecular formula is C15H23N3O2. The van der Waals surface area contributed by atoms with Crippen LogP contribution in [0.3, 0.4) is 0 Å². The average molecular weight is 277 g/mol. The van der Waals surface area contributed by atoms with Gasteiger partial charge in [0.25, 0.3) is 5.91 Å². The molecule has 5 nitrogen and oxygen atoms in total. The summed E-state index contributed by atoms with van der Waals surface area (Å²) in [6, 6.07) is 0. The van der Waals surface area contributed by atoms with E-state index in [1.807, 2.05) is 0 Å². The molecule has 0 radical (unpaired) electrons. The van der Waals surface area contributed by atoms with Crippen molar-refractivity contribution < 1.29 is 9.90 Å². The lowest BCUT2D eigenvalue weighted by molar-refractivity contribution is 0.0332. The molecule has 0 spiro atoms. The Kier molecular flexibility index (Phi) is 4.09. The van der Waals surface area contributed by atoms with Gasteiger partial charge in [0.15, 0.2) is 0 Å². The van der Waals surface area contributed by atoms with Gasteiger partial charge in [0.1, 0.15) is 5.69 Å². The van der Waals surface area contributed by atoms with E-state index < -0.39 is 5.54 Å². The number of rotatable bonds is 3. The van der Waals surface area contributed by atoms with Gasteiger partial charge >= 0.3 is 0 Å². The first-order chi connectivity index (χ1) is 9.36. The zero-order valence-electron chi connectivity index (χ0n) is 12.4. The lowest BCUT2D eigenvalue weighted by Gasteiger charge is -2.47. The van der Waals surface area contributed by atoms with Crippen molar-refractivity contribution in [1.82, 2.24) is 15.3 Å². The highest BCUT2D eigenvalue weighted by Gasteiger charge is 2.43. The smallest absolute Gasteiger partial charge is 0.271 e. The molecule has 1 saturated carbocycles. The molecule has 1 fully saturated rings. The molecule has 20 heavy (non-hydrogen) atoms. The number of hydrogen-bond donors (Lipinski definition) is 2. The van der Waals surface area contributed by atoms with Crippen LogP contribution in [0, 0.1) is 11.3 Å². The number of aliphatic hydroxyl groups excluding tert-OH is 1. The van der Waals surface area contributed by atoms with Crippen molar-refractivity contribution >= 4 is 5.91 Å². The van der Waals surface area contributed by atoms with E-state index >= 15 is 0 Å². The van der Waals surface area contributed by atoms with Gasteiger partial charge in [-0.25, -0.2) is 4.98 Å². The van der Waals surface area contributed by atoms with Crippen LogP contribution in [0.5, 0.6) is 0 Å². The van der Waals surface area contributed by atoms with E-state index in [0.717, 1.165) is 19.3 Å². The minimum Gasteiger partial charge on any atom is -0.394 e. The predicted molar refractivity (Wildman–Crippen MR) is 76.1 cm³/mol. The fourth-order valence-electron chi connectivity index (χ4n) is 3.72. The summed E-state index contributed by atoms with van der Waals surface area (Å²) >= 11 is 0. The van der Waals surface area contributed by atoms with Gasteiger partial charge in [0.05, 0.1) is 18.3 Å². The largest absolute Gasteiger partial charge is 0.394 e. The molecule has 0 unspecified atom stereocenters. The van der Waals surface area contributed by atoms with Gasteiger partial charge in [-0.2, -0.15) is 0 Å². The maximum absolute atomic E-state index is 12.3. The average Bonchev–Trinajstić information content (AvgIpc) is 2.37. The van der Waals surface area contributed by atoms with Crippen LogP contribution in [-0.4, -0.2) is 33.1 Å². The zero-order valence-corrected chi connectivity index (χ0v) is 12.4. The monoisotopic (exact) mass is 277 g/mol. The Morgan fingerprint density at radius 1 is 1.45 bits per heavy atom. The van der Waals surface area contributed by atoms with Gasteiger partial charge in [-0.15, -0.1) is 0 Å². The minimum absolute atomic E-state index is 0.0488. The molecule has 2 N–H and O–H groups in total. The second kappa shape index (κ2) is 5.48. The third kappa shape index (κ3) is 3.33. The van der Waals surface area contributed by atoms with Crippen molar-refractivity contribution in [3.05, 3.63) is 24.3 Å². The molecule has 2 atom stereocenters. The van der Waals surface area contributed by atoms with E-state index in [2.05, 4.69) is 36.1 Å². The van der Waals surface area contributed by atoms with Gasteiger partial charge in [-0.05, 0) is 30.6 Å². The number of carbonyl (C=O) groups excluding carboxylic acids is 1. The highest BCUT2D eigenvalue weighted by Crippen LogP contribution is 2.43. The topological polar surface area (TPSA) is 75.1 Å². The normalized spacial score (nSPS) is 28.9. The first-order valence-corrected chi connectivity index (χ1v) is 7.05. The van der Waals surface area contributed by atoms with Crippen LogP contribution in [0.2, 0.25) is 0 Å². The van der Waals surface area contributed by atoms with Crippen molar-refractivity contribution in [3.63, 3.8) is 0 Å². The minimum atomic E-state index is -0.560. The third-order valence-corrected chi connectivity index (χ3v) is 3.93. The van der Waals surface area contributed by atoms with Gasteiger partial charge in [0, 0.05) is 12.4 Å². The fraction of sp³-hybridized carbons (Fsp3) is 0.667. The van der Waals surface area contributed by atoms with E-state index in [9.17, 15) is 9.90 Å². The third-order valence-electron chi connectivity index (χ3n) is 3.93. The lowest BCUT2D eigenvalue weighted by Crippen LogP contribution is -2.57. The number of hydrogen-bond acceptors (Lipinski definition) is 4. The molecular weight excluding hydrogens is 254 g/mol. The standard InChI is InChI=1S/C15H23N3O2/c1-11-6-14(2,3)9-15(7-11,10-19)18-13(20)12-8-16-4-5-17-12/h4-5,8,11,19H,6-7,9-10H2,1-3H3,(H,18,20)/t11-,15+/m0/s1. The molecule has 0 bridgehead atoms. The van der Waals surface area contributed by atoms with E-state index in [-0.39, 0.29) is 23.6 Å². The van der Waals surface area contributed by atoms with Crippen molar-refractivity contribution in [2.75, 3.05) is 6.61 Å². The predicted octanol–water partition coefficient (Wildman–Crippen LogP) is 1.78. The van der Waals surface area contributed by atoms with E-state index in [1.165, 1.54) is 18.6 Å². The van der Waals surface area contributed by atoms with Crippen LogP contribution in [0.1, 0.15) is 50.5 Å². The maximum Gasteiger partial charge on any atom is 0.271 e. The Labute approximate surface area is 119 Å².